The normalized spacial score (nSPS) is 21.0. The topological polar surface area (TPSA) is 84.3 Å². The van der Waals surface area contributed by atoms with Crippen LogP contribution in [-0.4, -0.2) is 36.2 Å². The first-order chi connectivity index (χ1) is 12.4. The minimum atomic E-state index is -2.02. The molecule has 152 valence electrons. The van der Waals surface area contributed by atoms with Crippen molar-refractivity contribution in [2.75, 3.05) is 13.2 Å². The van der Waals surface area contributed by atoms with Crippen molar-refractivity contribution < 1.29 is 13.9 Å². The van der Waals surface area contributed by atoms with Crippen molar-refractivity contribution in [3.05, 3.63) is 44.5 Å². The van der Waals surface area contributed by atoms with E-state index in [-0.39, 0.29) is 17.6 Å². The Labute approximate surface area is 160 Å². The lowest BCUT2D eigenvalue weighted by Gasteiger charge is -2.43. The van der Waals surface area contributed by atoms with E-state index in [1.807, 2.05) is 4.98 Å². The van der Waals surface area contributed by atoms with Gasteiger partial charge in [0.2, 0.25) is 5.82 Å². The van der Waals surface area contributed by atoms with Crippen LogP contribution in [0, 0.1) is 17.7 Å². The maximum Gasteiger partial charge on any atom is 0.329 e. The third kappa shape index (κ3) is 4.33. The molecule has 0 bridgehead atoms. The number of hydrogen-bond donors (Lipinski definition) is 2. The average Bonchev–Trinajstić information content (AvgIpc) is 2.99. The molecule has 2 N–H and O–H groups in total. The van der Waals surface area contributed by atoms with Crippen LogP contribution in [0.3, 0.4) is 0 Å². The van der Waals surface area contributed by atoms with Gasteiger partial charge in [0, 0.05) is 12.5 Å². The van der Waals surface area contributed by atoms with Gasteiger partial charge in [0.05, 0.1) is 18.8 Å². The summed E-state index contributed by atoms with van der Waals surface area (Å²) in [5.41, 5.74) is -0.896. The Balaban J connectivity index is 2.18. The summed E-state index contributed by atoms with van der Waals surface area (Å²) in [6.45, 7) is 13.6. The van der Waals surface area contributed by atoms with Gasteiger partial charge in [-0.1, -0.05) is 33.8 Å². The van der Waals surface area contributed by atoms with Crippen molar-refractivity contribution in [2.24, 2.45) is 11.8 Å². The van der Waals surface area contributed by atoms with Crippen molar-refractivity contribution in [1.29, 1.82) is 0 Å². The standard InChI is InChI=1S/C19H31FN2O4Si/c1-12(2)19(3,4)27(5,6)26-11-14-8-15(7-13(14)10-23)22-9-16(20)17(24)21-18(22)25/h7,9,12,14-15,23H,8,10-11H2,1-6H3,(H,21,24,25)/t14-,15+/m0/s1. The number of H-pyrrole nitrogens is 1. The van der Waals surface area contributed by atoms with Crippen molar-refractivity contribution in [3.8, 4) is 0 Å². The summed E-state index contributed by atoms with van der Waals surface area (Å²) in [4.78, 5) is 25.2. The van der Waals surface area contributed by atoms with Crippen LogP contribution in [-0.2, 0) is 4.43 Å². The number of aromatic amines is 1. The molecule has 0 aliphatic heterocycles. The van der Waals surface area contributed by atoms with Crippen LogP contribution in [0.5, 0.6) is 0 Å². The summed E-state index contributed by atoms with van der Waals surface area (Å²) in [6.07, 6.45) is 3.23. The van der Waals surface area contributed by atoms with E-state index in [1.165, 1.54) is 4.57 Å². The average molecular weight is 399 g/mol. The molecule has 0 fully saturated rings. The quantitative estimate of drug-likeness (QED) is 0.546. The van der Waals surface area contributed by atoms with E-state index in [2.05, 4.69) is 40.8 Å². The third-order valence-electron chi connectivity index (χ3n) is 6.56. The van der Waals surface area contributed by atoms with Crippen molar-refractivity contribution in [1.82, 2.24) is 9.55 Å². The Morgan fingerprint density at radius 2 is 2.04 bits per heavy atom. The van der Waals surface area contributed by atoms with Crippen LogP contribution in [0.25, 0.3) is 0 Å². The van der Waals surface area contributed by atoms with Crippen LogP contribution in [0.1, 0.15) is 40.2 Å². The van der Waals surface area contributed by atoms with Crippen molar-refractivity contribution >= 4 is 8.32 Å². The SMILES string of the molecule is CC(C)C(C)(C)[Si](C)(C)OC[C@@H]1C[C@H](n2cc(F)c(=O)[nH]c2=O)C=C1CO. The zero-order valence-corrected chi connectivity index (χ0v) is 18.0. The molecule has 0 amide bonds. The highest BCUT2D eigenvalue weighted by atomic mass is 28.4. The van der Waals surface area contributed by atoms with E-state index >= 15 is 0 Å². The lowest BCUT2D eigenvalue weighted by molar-refractivity contribution is 0.214. The van der Waals surface area contributed by atoms with E-state index < -0.39 is 31.4 Å². The summed E-state index contributed by atoms with van der Waals surface area (Å²) >= 11 is 0. The second-order valence-corrected chi connectivity index (χ2v) is 13.3. The molecule has 1 heterocycles. The number of rotatable bonds is 7. The predicted octanol–water partition coefficient (Wildman–Crippen LogP) is 2.81. The molecule has 0 radical (unpaired) electrons. The minimum absolute atomic E-state index is 0.0448. The van der Waals surface area contributed by atoms with Gasteiger partial charge in [0.15, 0.2) is 8.32 Å². The maximum atomic E-state index is 13.6. The zero-order chi connectivity index (χ0) is 20.6. The Morgan fingerprint density at radius 1 is 1.41 bits per heavy atom. The van der Waals surface area contributed by atoms with E-state index in [0.717, 1.165) is 11.8 Å². The molecule has 0 saturated carbocycles. The Hall–Kier alpha value is -1.51. The first kappa shape index (κ1) is 21.8. The number of nitrogens with one attached hydrogen (secondary N) is 1. The molecule has 8 heteroatoms. The molecule has 1 aromatic heterocycles. The summed E-state index contributed by atoms with van der Waals surface area (Å²) in [5, 5.41) is 9.79. The molecule has 1 aromatic rings. The monoisotopic (exact) mass is 398 g/mol. The van der Waals surface area contributed by atoms with Gasteiger partial charge in [-0.2, -0.15) is 4.39 Å². The smallest absolute Gasteiger partial charge is 0.329 e. The van der Waals surface area contributed by atoms with Crippen LogP contribution >= 0.6 is 0 Å². The number of allylic oxidation sites excluding steroid dienone is 1. The molecule has 0 saturated heterocycles. The minimum Gasteiger partial charge on any atom is -0.416 e. The van der Waals surface area contributed by atoms with Gasteiger partial charge >= 0.3 is 5.69 Å². The maximum absolute atomic E-state index is 13.6. The van der Waals surface area contributed by atoms with E-state index in [0.29, 0.717) is 18.9 Å². The molecular formula is C19H31FN2O4Si. The van der Waals surface area contributed by atoms with Gasteiger partial charge in [0.25, 0.3) is 5.56 Å². The Bertz CT molecular complexity index is 826. The number of halogens is 1. The fraction of sp³-hybridized carbons (Fsp3) is 0.684. The first-order valence-corrected chi connectivity index (χ1v) is 12.3. The molecule has 6 nitrogen and oxygen atoms in total. The molecular weight excluding hydrogens is 367 g/mol. The largest absolute Gasteiger partial charge is 0.416 e. The van der Waals surface area contributed by atoms with Gasteiger partial charge in [-0.15, -0.1) is 0 Å². The summed E-state index contributed by atoms with van der Waals surface area (Å²) in [6, 6.07) is -0.414. The molecule has 0 aromatic carbocycles. The van der Waals surface area contributed by atoms with E-state index in [1.54, 1.807) is 6.08 Å². The van der Waals surface area contributed by atoms with Crippen molar-refractivity contribution in [3.63, 3.8) is 0 Å². The van der Waals surface area contributed by atoms with Crippen LogP contribution in [0.4, 0.5) is 4.39 Å². The molecule has 1 aliphatic carbocycles. The summed E-state index contributed by atoms with van der Waals surface area (Å²) < 4.78 is 21.2. The molecule has 27 heavy (non-hydrogen) atoms. The van der Waals surface area contributed by atoms with Gasteiger partial charge in [0.1, 0.15) is 0 Å². The Kier molecular flexibility index (Phi) is 6.33. The lowest BCUT2D eigenvalue weighted by Crippen LogP contribution is -2.46. The second-order valence-electron chi connectivity index (χ2n) is 8.74. The van der Waals surface area contributed by atoms with Gasteiger partial charge < -0.3 is 9.53 Å². The fourth-order valence-corrected chi connectivity index (χ4v) is 5.72. The molecule has 1 aliphatic rings. The number of hydrogen-bond acceptors (Lipinski definition) is 4. The van der Waals surface area contributed by atoms with E-state index in [4.69, 9.17) is 4.43 Å². The highest BCUT2D eigenvalue weighted by Crippen LogP contribution is 2.45. The summed E-state index contributed by atoms with van der Waals surface area (Å²) in [5.74, 6) is -0.567. The van der Waals surface area contributed by atoms with Gasteiger partial charge in [-0.3, -0.25) is 14.3 Å². The highest BCUT2D eigenvalue weighted by Gasteiger charge is 2.44. The second kappa shape index (κ2) is 7.85. The number of aliphatic hydroxyl groups is 1. The van der Waals surface area contributed by atoms with Crippen molar-refractivity contribution in [2.45, 2.75) is 58.3 Å². The molecule has 2 atom stereocenters. The Morgan fingerprint density at radius 3 is 2.59 bits per heavy atom. The van der Waals surface area contributed by atoms with E-state index in [9.17, 15) is 19.1 Å². The van der Waals surface area contributed by atoms with Crippen LogP contribution in [0.2, 0.25) is 18.1 Å². The summed E-state index contributed by atoms with van der Waals surface area (Å²) in [7, 11) is -2.02. The highest BCUT2D eigenvalue weighted by molar-refractivity contribution is 6.74. The first-order valence-electron chi connectivity index (χ1n) is 9.37. The van der Waals surface area contributed by atoms with Crippen LogP contribution in [0.15, 0.2) is 27.4 Å². The number of aliphatic hydroxyl groups excluding tert-OH is 1. The fourth-order valence-electron chi connectivity index (χ4n) is 3.34. The molecule has 0 unspecified atom stereocenters. The van der Waals surface area contributed by atoms with Gasteiger partial charge in [-0.25, -0.2) is 4.79 Å². The lowest BCUT2D eigenvalue weighted by atomic mass is 9.99. The zero-order valence-electron chi connectivity index (χ0n) is 17.0. The predicted molar refractivity (Wildman–Crippen MR) is 106 cm³/mol. The molecule has 2 rings (SSSR count). The molecule has 0 spiro atoms. The van der Waals surface area contributed by atoms with Gasteiger partial charge in [-0.05, 0) is 36.0 Å². The van der Waals surface area contributed by atoms with Crippen LogP contribution < -0.4 is 11.2 Å². The number of aromatic nitrogens is 2. The third-order valence-corrected chi connectivity index (χ3v) is 11.1. The number of nitrogens with zero attached hydrogens (tertiary/aromatic N) is 1.